The Morgan fingerprint density at radius 2 is 1.71 bits per heavy atom. The van der Waals surface area contributed by atoms with Gasteiger partial charge in [-0.3, -0.25) is 19.7 Å². The summed E-state index contributed by atoms with van der Waals surface area (Å²) in [7, 11) is 4.20. The Bertz CT molecular complexity index is 1030. The van der Waals surface area contributed by atoms with Crippen LogP contribution < -0.4 is 14.8 Å². The van der Waals surface area contributed by atoms with Gasteiger partial charge >= 0.3 is 5.97 Å². The third-order valence-electron chi connectivity index (χ3n) is 5.16. The van der Waals surface area contributed by atoms with Crippen LogP contribution in [0.4, 0.5) is 11.4 Å². The Labute approximate surface area is 178 Å². The van der Waals surface area contributed by atoms with Crippen molar-refractivity contribution in [2.75, 3.05) is 26.6 Å². The van der Waals surface area contributed by atoms with Gasteiger partial charge in [-0.25, -0.2) is 0 Å². The van der Waals surface area contributed by atoms with E-state index in [1.807, 2.05) is 0 Å². The van der Waals surface area contributed by atoms with E-state index in [9.17, 15) is 19.7 Å². The maximum absolute atomic E-state index is 12.8. The number of nitro benzene ring substituents is 1. The van der Waals surface area contributed by atoms with E-state index in [1.165, 1.54) is 32.4 Å². The van der Waals surface area contributed by atoms with E-state index in [4.69, 9.17) is 14.2 Å². The zero-order valence-corrected chi connectivity index (χ0v) is 17.3. The highest BCUT2D eigenvalue weighted by atomic mass is 16.6. The van der Waals surface area contributed by atoms with Crippen molar-refractivity contribution in [2.24, 2.45) is 5.92 Å². The maximum Gasteiger partial charge on any atom is 0.317 e. The van der Waals surface area contributed by atoms with Crippen LogP contribution in [0.5, 0.6) is 11.5 Å². The summed E-state index contributed by atoms with van der Waals surface area (Å²) in [6.45, 7) is 0. The van der Waals surface area contributed by atoms with Crippen LogP contribution in [0.3, 0.4) is 0 Å². The summed E-state index contributed by atoms with van der Waals surface area (Å²) in [6.07, 6.45) is 1.58. The summed E-state index contributed by atoms with van der Waals surface area (Å²) in [5.41, 5.74) is 1.24. The van der Waals surface area contributed by atoms with E-state index in [1.54, 1.807) is 37.4 Å². The minimum Gasteiger partial charge on any atom is -0.497 e. The molecule has 1 N–H and O–H groups in total. The van der Waals surface area contributed by atoms with Gasteiger partial charge in [-0.15, -0.1) is 0 Å². The molecule has 0 heterocycles. The lowest BCUT2D eigenvalue weighted by Crippen LogP contribution is -2.34. The molecule has 0 fully saturated rings. The van der Waals surface area contributed by atoms with Gasteiger partial charge in [0.2, 0.25) is 0 Å². The molecule has 0 saturated heterocycles. The summed E-state index contributed by atoms with van der Waals surface area (Å²) in [5, 5.41) is 14.5. The highest BCUT2D eigenvalue weighted by Gasteiger charge is 2.39. The first-order chi connectivity index (χ1) is 14.9. The van der Waals surface area contributed by atoms with Crippen LogP contribution in [0, 0.1) is 16.0 Å². The monoisotopic (exact) mass is 426 g/mol. The van der Waals surface area contributed by atoms with Crippen LogP contribution >= 0.6 is 0 Å². The first kappa shape index (κ1) is 21.8. The van der Waals surface area contributed by atoms with Crippen molar-refractivity contribution in [2.45, 2.75) is 12.3 Å². The van der Waals surface area contributed by atoms with Crippen molar-refractivity contribution in [3.05, 3.63) is 69.9 Å². The molecule has 0 unspecified atom stereocenters. The van der Waals surface area contributed by atoms with E-state index < -0.39 is 28.5 Å². The molecule has 1 aliphatic rings. The second kappa shape index (κ2) is 9.29. The number of ketones is 1. The van der Waals surface area contributed by atoms with Gasteiger partial charge in [0.25, 0.3) is 5.69 Å². The number of benzene rings is 2. The van der Waals surface area contributed by atoms with Gasteiger partial charge in [0.15, 0.2) is 5.78 Å². The third kappa shape index (κ3) is 4.66. The number of rotatable bonds is 7. The summed E-state index contributed by atoms with van der Waals surface area (Å²) in [5.74, 6) is -1.59. The number of allylic oxidation sites excluding steroid dienone is 2. The van der Waals surface area contributed by atoms with Crippen molar-refractivity contribution in [3.63, 3.8) is 0 Å². The number of esters is 1. The fourth-order valence-corrected chi connectivity index (χ4v) is 3.60. The largest absolute Gasteiger partial charge is 0.497 e. The molecule has 2 aromatic rings. The molecule has 0 radical (unpaired) electrons. The summed E-state index contributed by atoms with van der Waals surface area (Å²) >= 11 is 0. The SMILES string of the molecule is COC(=O)[C@H]1C(=O)C=C(Nc2ccc(OC)cc2[N+](=O)[O-])C[C@H]1c1ccc(OC)cc1. The highest BCUT2D eigenvalue weighted by molar-refractivity contribution is 6.07. The number of nitrogens with one attached hydrogen (secondary N) is 1. The number of nitro groups is 1. The van der Waals surface area contributed by atoms with Gasteiger partial charge < -0.3 is 19.5 Å². The van der Waals surface area contributed by atoms with Crippen molar-refractivity contribution in [1.29, 1.82) is 0 Å². The fraction of sp³-hybridized carbons (Fsp3) is 0.273. The van der Waals surface area contributed by atoms with Crippen molar-refractivity contribution in [1.82, 2.24) is 0 Å². The minimum absolute atomic E-state index is 0.191. The smallest absolute Gasteiger partial charge is 0.317 e. The molecule has 0 aliphatic heterocycles. The number of carbonyl (C=O) groups is 2. The van der Waals surface area contributed by atoms with Crippen LogP contribution in [-0.2, 0) is 14.3 Å². The Morgan fingerprint density at radius 3 is 2.29 bits per heavy atom. The first-order valence-electron chi connectivity index (χ1n) is 9.43. The number of anilines is 1. The molecule has 0 aromatic heterocycles. The zero-order valence-electron chi connectivity index (χ0n) is 17.3. The second-order valence-electron chi connectivity index (χ2n) is 6.92. The Hall–Kier alpha value is -3.88. The lowest BCUT2D eigenvalue weighted by atomic mass is 9.76. The number of hydrogen-bond donors (Lipinski definition) is 1. The normalized spacial score (nSPS) is 18.0. The fourth-order valence-electron chi connectivity index (χ4n) is 3.60. The van der Waals surface area contributed by atoms with E-state index in [2.05, 4.69) is 5.32 Å². The standard InChI is InChI=1S/C22H22N2O7/c1-29-15-6-4-13(5-7-15)17-10-14(11-20(25)21(17)22(26)31-3)23-18-9-8-16(30-2)12-19(18)24(27)28/h4-9,11-12,17,21,23H,10H2,1-3H3/t17-,21+/m0/s1. The third-order valence-corrected chi connectivity index (χ3v) is 5.16. The van der Waals surface area contributed by atoms with Gasteiger partial charge in [-0.05, 0) is 36.2 Å². The summed E-state index contributed by atoms with van der Waals surface area (Å²) in [6, 6.07) is 11.4. The predicted octanol–water partition coefficient (Wildman–Crippen LogP) is 3.45. The Balaban J connectivity index is 1.96. The maximum atomic E-state index is 12.8. The lowest BCUT2D eigenvalue weighted by Gasteiger charge is -2.29. The summed E-state index contributed by atoms with van der Waals surface area (Å²) in [4.78, 5) is 36.1. The van der Waals surface area contributed by atoms with E-state index in [-0.39, 0.29) is 17.8 Å². The predicted molar refractivity (Wildman–Crippen MR) is 112 cm³/mol. The number of nitrogens with zero attached hydrogens (tertiary/aromatic N) is 1. The molecule has 0 bridgehead atoms. The van der Waals surface area contributed by atoms with Crippen LogP contribution in [0.1, 0.15) is 17.9 Å². The van der Waals surface area contributed by atoms with Crippen LogP contribution in [0.2, 0.25) is 0 Å². The van der Waals surface area contributed by atoms with Gasteiger partial charge in [0.05, 0.1) is 32.3 Å². The summed E-state index contributed by atoms with van der Waals surface area (Å²) < 4.78 is 15.1. The first-order valence-corrected chi connectivity index (χ1v) is 9.43. The van der Waals surface area contributed by atoms with Gasteiger partial charge in [0, 0.05) is 17.7 Å². The average Bonchev–Trinajstić information content (AvgIpc) is 2.78. The zero-order chi connectivity index (χ0) is 22.5. The molecular weight excluding hydrogens is 404 g/mol. The molecule has 31 heavy (non-hydrogen) atoms. The second-order valence-corrected chi connectivity index (χ2v) is 6.92. The van der Waals surface area contributed by atoms with E-state index in [0.717, 1.165) is 5.56 Å². The van der Waals surface area contributed by atoms with Crippen molar-refractivity contribution in [3.8, 4) is 11.5 Å². The molecule has 2 aromatic carbocycles. The quantitative estimate of drug-likeness (QED) is 0.310. The molecule has 162 valence electrons. The lowest BCUT2D eigenvalue weighted by molar-refractivity contribution is -0.384. The molecule has 3 rings (SSSR count). The molecular formula is C22H22N2O7. The van der Waals surface area contributed by atoms with E-state index in [0.29, 0.717) is 17.2 Å². The molecule has 0 saturated carbocycles. The van der Waals surface area contributed by atoms with Crippen molar-refractivity contribution >= 4 is 23.1 Å². The molecule has 1 aliphatic carbocycles. The van der Waals surface area contributed by atoms with Crippen LogP contribution in [0.15, 0.2) is 54.2 Å². The van der Waals surface area contributed by atoms with Gasteiger partial charge in [0.1, 0.15) is 23.1 Å². The molecule has 2 atom stereocenters. The van der Waals surface area contributed by atoms with Crippen LogP contribution in [0.25, 0.3) is 0 Å². The van der Waals surface area contributed by atoms with E-state index >= 15 is 0 Å². The number of carbonyl (C=O) groups excluding carboxylic acids is 2. The number of ether oxygens (including phenoxy) is 3. The van der Waals surface area contributed by atoms with Crippen LogP contribution in [-0.4, -0.2) is 38.0 Å². The molecule has 0 spiro atoms. The van der Waals surface area contributed by atoms with Gasteiger partial charge in [-0.1, -0.05) is 12.1 Å². The minimum atomic E-state index is -1.00. The van der Waals surface area contributed by atoms with Crippen molar-refractivity contribution < 1.29 is 28.7 Å². The highest BCUT2D eigenvalue weighted by Crippen LogP contribution is 2.39. The molecule has 0 amide bonds. The number of hydrogen-bond acceptors (Lipinski definition) is 8. The Morgan fingerprint density at radius 1 is 1.06 bits per heavy atom. The topological polar surface area (TPSA) is 117 Å². The van der Waals surface area contributed by atoms with Gasteiger partial charge in [-0.2, -0.15) is 0 Å². The average molecular weight is 426 g/mol. The number of methoxy groups -OCH3 is 3. The Kier molecular flexibility index (Phi) is 6.54. The molecule has 9 heteroatoms. The molecule has 9 nitrogen and oxygen atoms in total.